The number of hydrogen-bond acceptors (Lipinski definition) is 4. The van der Waals surface area contributed by atoms with E-state index in [1.54, 1.807) is 6.92 Å². The molecule has 1 unspecified atom stereocenters. The van der Waals surface area contributed by atoms with Crippen LogP contribution in [0.4, 0.5) is 0 Å². The highest BCUT2D eigenvalue weighted by Gasteiger charge is 2.23. The van der Waals surface area contributed by atoms with E-state index < -0.39 is 6.23 Å². The second kappa shape index (κ2) is 6.52. The number of carbonyl (C=O) groups excluding carboxylic acids is 1. The third kappa shape index (κ3) is 3.28. The maximum absolute atomic E-state index is 12.3. The summed E-state index contributed by atoms with van der Waals surface area (Å²) in [5.74, 6) is 0.0547. The minimum absolute atomic E-state index is 0.0547. The Hall–Kier alpha value is -2.18. The summed E-state index contributed by atoms with van der Waals surface area (Å²) in [4.78, 5) is 29.2. The quantitative estimate of drug-likeness (QED) is 0.726. The van der Waals surface area contributed by atoms with E-state index in [-0.39, 0.29) is 11.5 Å². The fourth-order valence-electron chi connectivity index (χ4n) is 3.06. The molecule has 0 saturated heterocycles. The van der Waals surface area contributed by atoms with Gasteiger partial charge >= 0.3 is 0 Å². The molecule has 0 fully saturated rings. The number of nitrogens with zero attached hydrogens (tertiary/aromatic N) is 1. The molecule has 1 aromatic carbocycles. The monoisotopic (exact) mass is 315 g/mol. The summed E-state index contributed by atoms with van der Waals surface area (Å²) in [5.41, 5.74) is 1.89. The first kappa shape index (κ1) is 15.7. The Morgan fingerprint density at radius 2 is 2.13 bits per heavy atom. The smallest absolute Gasteiger partial charge is 0.256 e. The van der Waals surface area contributed by atoms with Gasteiger partial charge in [-0.15, -0.1) is 0 Å². The third-order valence-electron chi connectivity index (χ3n) is 4.24. The minimum Gasteiger partial charge on any atom is -0.379 e. The summed E-state index contributed by atoms with van der Waals surface area (Å²) in [6, 6.07) is 7.50. The van der Waals surface area contributed by atoms with Crippen LogP contribution in [0.5, 0.6) is 0 Å². The minimum atomic E-state index is -0.612. The van der Waals surface area contributed by atoms with Crippen molar-refractivity contribution < 1.29 is 9.90 Å². The van der Waals surface area contributed by atoms with Gasteiger partial charge in [-0.25, -0.2) is 0 Å². The van der Waals surface area contributed by atoms with E-state index in [0.29, 0.717) is 37.9 Å². The predicted molar refractivity (Wildman–Crippen MR) is 88.0 cm³/mol. The number of fused-ring (bicyclic) bond motifs is 3. The standard InChI is InChI=1S/C17H21N3O3/c1-11(21)18-8-6-16(22)20-9-7-15-14(10-20)12-4-2-3-5-13(12)17(23)19-15/h2-5,11,18,21H,6-10H2,1H3,(H,19,23). The fraction of sp³-hybridized carbons (Fsp3) is 0.412. The topological polar surface area (TPSA) is 85.4 Å². The van der Waals surface area contributed by atoms with Crippen LogP contribution in [0.2, 0.25) is 0 Å². The van der Waals surface area contributed by atoms with Gasteiger partial charge in [0.15, 0.2) is 0 Å². The molecule has 1 aromatic heterocycles. The summed E-state index contributed by atoms with van der Waals surface area (Å²) in [6.07, 6.45) is 0.394. The van der Waals surface area contributed by atoms with Crippen molar-refractivity contribution in [1.82, 2.24) is 15.2 Å². The van der Waals surface area contributed by atoms with Crippen molar-refractivity contribution in [3.8, 4) is 0 Å². The van der Waals surface area contributed by atoms with Gasteiger partial charge in [0.2, 0.25) is 5.91 Å². The van der Waals surface area contributed by atoms with Crippen LogP contribution < -0.4 is 10.9 Å². The van der Waals surface area contributed by atoms with Crippen LogP contribution in [0, 0.1) is 0 Å². The van der Waals surface area contributed by atoms with E-state index in [0.717, 1.165) is 16.6 Å². The van der Waals surface area contributed by atoms with Crippen molar-refractivity contribution in [2.75, 3.05) is 13.1 Å². The van der Waals surface area contributed by atoms with Crippen LogP contribution in [0.15, 0.2) is 29.1 Å². The van der Waals surface area contributed by atoms with Crippen LogP contribution in [0.3, 0.4) is 0 Å². The van der Waals surface area contributed by atoms with Gasteiger partial charge in [-0.1, -0.05) is 18.2 Å². The molecule has 1 atom stereocenters. The lowest BCUT2D eigenvalue weighted by Crippen LogP contribution is -2.39. The summed E-state index contributed by atoms with van der Waals surface area (Å²) in [6.45, 7) is 3.20. The van der Waals surface area contributed by atoms with Crippen molar-refractivity contribution in [3.63, 3.8) is 0 Å². The highest BCUT2D eigenvalue weighted by atomic mass is 16.3. The average Bonchev–Trinajstić information content (AvgIpc) is 2.54. The summed E-state index contributed by atoms with van der Waals surface area (Å²) < 4.78 is 0. The molecule has 1 amide bonds. The number of aromatic amines is 1. The van der Waals surface area contributed by atoms with E-state index in [2.05, 4.69) is 10.3 Å². The normalized spacial score (nSPS) is 15.5. The number of H-pyrrole nitrogens is 1. The van der Waals surface area contributed by atoms with E-state index in [1.807, 2.05) is 29.2 Å². The molecule has 0 saturated carbocycles. The zero-order valence-corrected chi connectivity index (χ0v) is 13.1. The van der Waals surface area contributed by atoms with Gasteiger partial charge in [-0.05, 0) is 23.9 Å². The second-order valence-electron chi connectivity index (χ2n) is 5.90. The number of nitrogens with one attached hydrogen (secondary N) is 2. The second-order valence-corrected chi connectivity index (χ2v) is 5.90. The Kier molecular flexibility index (Phi) is 4.45. The van der Waals surface area contributed by atoms with Gasteiger partial charge in [0.05, 0.1) is 0 Å². The van der Waals surface area contributed by atoms with Crippen molar-refractivity contribution in [2.24, 2.45) is 0 Å². The molecule has 0 radical (unpaired) electrons. The molecule has 0 aliphatic carbocycles. The largest absolute Gasteiger partial charge is 0.379 e. The highest BCUT2D eigenvalue weighted by Crippen LogP contribution is 2.24. The summed E-state index contributed by atoms with van der Waals surface area (Å²) in [5, 5.41) is 13.6. The Labute approximate surface area is 134 Å². The highest BCUT2D eigenvalue weighted by molar-refractivity contribution is 5.86. The SMILES string of the molecule is CC(O)NCCC(=O)N1CCc2[nH]c(=O)c3ccccc3c2C1. The molecule has 3 rings (SSSR count). The molecule has 2 aromatic rings. The van der Waals surface area contributed by atoms with Gasteiger partial charge in [0, 0.05) is 43.6 Å². The molecule has 6 heteroatoms. The number of amides is 1. The number of hydrogen-bond donors (Lipinski definition) is 3. The number of rotatable bonds is 4. The van der Waals surface area contributed by atoms with Crippen molar-refractivity contribution >= 4 is 16.7 Å². The first-order chi connectivity index (χ1) is 11.1. The Bertz CT molecular complexity index is 782. The maximum Gasteiger partial charge on any atom is 0.256 e. The lowest BCUT2D eigenvalue weighted by Gasteiger charge is -2.29. The van der Waals surface area contributed by atoms with Crippen molar-refractivity contribution in [2.45, 2.75) is 32.5 Å². The van der Waals surface area contributed by atoms with Gasteiger partial charge in [0.25, 0.3) is 5.56 Å². The first-order valence-corrected chi connectivity index (χ1v) is 7.88. The molecular formula is C17H21N3O3. The lowest BCUT2D eigenvalue weighted by molar-refractivity contribution is -0.132. The Balaban J connectivity index is 1.81. The van der Waals surface area contributed by atoms with Gasteiger partial charge in [-0.2, -0.15) is 0 Å². The molecule has 1 aliphatic heterocycles. The number of aliphatic hydroxyl groups excluding tert-OH is 1. The molecule has 23 heavy (non-hydrogen) atoms. The van der Waals surface area contributed by atoms with Gasteiger partial charge in [0.1, 0.15) is 6.23 Å². The van der Waals surface area contributed by atoms with Crippen LogP contribution in [0.25, 0.3) is 10.8 Å². The Morgan fingerprint density at radius 1 is 1.39 bits per heavy atom. The van der Waals surface area contributed by atoms with Gasteiger partial charge in [-0.3, -0.25) is 14.9 Å². The zero-order chi connectivity index (χ0) is 16.4. The van der Waals surface area contributed by atoms with E-state index >= 15 is 0 Å². The molecule has 1 aliphatic rings. The molecule has 122 valence electrons. The third-order valence-corrected chi connectivity index (χ3v) is 4.24. The number of aromatic nitrogens is 1. The van der Waals surface area contributed by atoms with Crippen LogP contribution in [-0.4, -0.2) is 40.2 Å². The van der Waals surface area contributed by atoms with Gasteiger partial charge < -0.3 is 15.0 Å². The fourth-order valence-corrected chi connectivity index (χ4v) is 3.06. The van der Waals surface area contributed by atoms with E-state index in [4.69, 9.17) is 0 Å². The van der Waals surface area contributed by atoms with Crippen molar-refractivity contribution in [1.29, 1.82) is 0 Å². The molecule has 0 bridgehead atoms. The molecular weight excluding hydrogens is 294 g/mol. The van der Waals surface area contributed by atoms with Crippen LogP contribution in [-0.2, 0) is 17.8 Å². The number of pyridine rings is 1. The Morgan fingerprint density at radius 3 is 2.87 bits per heavy atom. The van der Waals surface area contributed by atoms with Crippen molar-refractivity contribution in [3.05, 3.63) is 45.9 Å². The lowest BCUT2D eigenvalue weighted by atomic mass is 9.98. The molecule has 6 nitrogen and oxygen atoms in total. The van der Waals surface area contributed by atoms with Crippen LogP contribution >= 0.6 is 0 Å². The summed E-state index contributed by atoms with van der Waals surface area (Å²) >= 11 is 0. The summed E-state index contributed by atoms with van der Waals surface area (Å²) in [7, 11) is 0. The molecule has 2 heterocycles. The number of carbonyl (C=O) groups is 1. The van der Waals surface area contributed by atoms with E-state index in [9.17, 15) is 14.7 Å². The van der Waals surface area contributed by atoms with Crippen LogP contribution in [0.1, 0.15) is 24.6 Å². The average molecular weight is 315 g/mol. The zero-order valence-electron chi connectivity index (χ0n) is 13.1. The molecule has 0 spiro atoms. The predicted octanol–water partition coefficient (Wildman–Crippen LogP) is 0.731. The number of benzene rings is 1. The maximum atomic E-state index is 12.3. The van der Waals surface area contributed by atoms with E-state index in [1.165, 1.54) is 0 Å². The first-order valence-electron chi connectivity index (χ1n) is 7.88. The number of aliphatic hydroxyl groups is 1. The molecule has 3 N–H and O–H groups in total.